The van der Waals surface area contributed by atoms with Crippen LogP contribution in [0.25, 0.3) is 10.9 Å². The second-order valence-corrected chi connectivity index (χ2v) is 3.21. The predicted octanol–water partition coefficient (Wildman–Crippen LogP) is 1.03. The number of aliphatic hydroxyl groups is 1. The van der Waals surface area contributed by atoms with Crippen molar-refractivity contribution in [2.45, 2.75) is 6.61 Å². The monoisotopic (exact) mass is 205 g/mol. The number of methoxy groups -OCH3 is 1. The molecule has 0 amide bonds. The van der Waals surface area contributed by atoms with E-state index in [0.29, 0.717) is 22.2 Å². The number of aliphatic hydroxyl groups excluding tert-OH is 1. The van der Waals surface area contributed by atoms with Crippen molar-refractivity contribution in [1.82, 2.24) is 4.98 Å². The molecule has 15 heavy (non-hydrogen) atoms. The van der Waals surface area contributed by atoms with E-state index in [4.69, 9.17) is 9.84 Å². The van der Waals surface area contributed by atoms with Crippen molar-refractivity contribution >= 4 is 10.9 Å². The highest BCUT2D eigenvalue weighted by molar-refractivity contribution is 5.81. The molecule has 1 heterocycles. The third kappa shape index (κ3) is 1.59. The molecule has 0 saturated heterocycles. The summed E-state index contributed by atoms with van der Waals surface area (Å²) in [6.45, 7) is -0.115. The summed E-state index contributed by atoms with van der Waals surface area (Å²) in [6, 6.07) is 4.82. The number of ether oxygens (including phenoxy) is 1. The Hall–Kier alpha value is -1.81. The topological polar surface area (TPSA) is 62.3 Å². The molecule has 0 aliphatic heterocycles. The molecule has 0 saturated carbocycles. The van der Waals surface area contributed by atoms with E-state index in [-0.39, 0.29) is 12.0 Å². The summed E-state index contributed by atoms with van der Waals surface area (Å²) in [5, 5.41) is 9.67. The molecule has 2 rings (SSSR count). The van der Waals surface area contributed by atoms with Crippen LogP contribution < -0.4 is 10.2 Å². The van der Waals surface area contributed by atoms with E-state index in [1.807, 2.05) is 0 Å². The Kier molecular flexibility index (Phi) is 2.43. The van der Waals surface area contributed by atoms with Crippen molar-refractivity contribution in [3.63, 3.8) is 0 Å². The molecule has 2 N–H and O–H groups in total. The van der Waals surface area contributed by atoms with Crippen LogP contribution in [0.1, 0.15) is 5.56 Å². The average molecular weight is 205 g/mol. The van der Waals surface area contributed by atoms with E-state index in [9.17, 15) is 4.79 Å². The molecule has 2 aromatic rings. The van der Waals surface area contributed by atoms with Gasteiger partial charge in [0, 0.05) is 28.7 Å². The molecule has 1 aromatic carbocycles. The molecule has 0 radical (unpaired) electrons. The normalized spacial score (nSPS) is 10.5. The minimum absolute atomic E-state index is 0.0634. The molecule has 4 heteroatoms. The van der Waals surface area contributed by atoms with Crippen LogP contribution in [0, 0.1) is 0 Å². The van der Waals surface area contributed by atoms with E-state index in [0.717, 1.165) is 0 Å². The third-order valence-corrected chi connectivity index (χ3v) is 2.33. The Bertz CT molecular complexity index is 545. The minimum atomic E-state index is -0.115. The van der Waals surface area contributed by atoms with Gasteiger partial charge < -0.3 is 14.8 Å². The molecular formula is C11H11NO3. The van der Waals surface area contributed by atoms with Crippen LogP contribution in [-0.4, -0.2) is 17.2 Å². The molecule has 0 atom stereocenters. The van der Waals surface area contributed by atoms with Gasteiger partial charge in [-0.2, -0.15) is 0 Å². The van der Waals surface area contributed by atoms with Gasteiger partial charge in [-0.05, 0) is 12.1 Å². The maximum atomic E-state index is 11.5. The van der Waals surface area contributed by atoms with Gasteiger partial charge in [-0.3, -0.25) is 4.79 Å². The smallest absolute Gasteiger partial charge is 0.189 e. The van der Waals surface area contributed by atoms with E-state index in [1.54, 1.807) is 18.3 Å². The van der Waals surface area contributed by atoms with E-state index >= 15 is 0 Å². The fraction of sp³-hybridized carbons (Fsp3) is 0.182. The van der Waals surface area contributed by atoms with E-state index in [2.05, 4.69) is 4.98 Å². The molecule has 4 nitrogen and oxygen atoms in total. The quantitative estimate of drug-likeness (QED) is 0.769. The maximum Gasteiger partial charge on any atom is 0.189 e. The molecule has 78 valence electrons. The first kappa shape index (κ1) is 9.73. The predicted molar refractivity (Wildman–Crippen MR) is 57.0 cm³/mol. The highest BCUT2D eigenvalue weighted by Gasteiger charge is 2.06. The minimum Gasteiger partial charge on any atom is -0.496 e. The van der Waals surface area contributed by atoms with Crippen LogP contribution >= 0.6 is 0 Å². The van der Waals surface area contributed by atoms with Crippen LogP contribution in [0.3, 0.4) is 0 Å². The van der Waals surface area contributed by atoms with Crippen LogP contribution in [-0.2, 0) is 6.61 Å². The molecule has 0 aliphatic carbocycles. The Morgan fingerprint density at radius 3 is 2.93 bits per heavy atom. The highest BCUT2D eigenvalue weighted by Crippen LogP contribution is 2.22. The number of fused-ring (bicyclic) bond motifs is 1. The lowest BCUT2D eigenvalue weighted by Gasteiger charge is -2.07. The van der Waals surface area contributed by atoms with Gasteiger partial charge in [0.2, 0.25) is 0 Å². The molecule has 0 unspecified atom stereocenters. The SMILES string of the molecule is COc1cc2c(=O)cc[nH]c2cc1CO. The first-order valence-corrected chi connectivity index (χ1v) is 4.55. The third-order valence-electron chi connectivity index (χ3n) is 2.33. The van der Waals surface area contributed by atoms with Gasteiger partial charge in [-0.1, -0.05) is 0 Å². The molecular weight excluding hydrogens is 194 g/mol. The molecule has 0 bridgehead atoms. The first-order valence-electron chi connectivity index (χ1n) is 4.55. The lowest BCUT2D eigenvalue weighted by atomic mass is 10.1. The number of rotatable bonds is 2. The Morgan fingerprint density at radius 1 is 1.47 bits per heavy atom. The van der Waals surface area contributed by atoms with Crippen molar-refractivity contribution in [2.75, 3.05) is 7.11 Å². The molecule has 0 aliphatic rings. The lowest BCUT2D eigenvalue weighted by Crippen LogP contribution is -2.02. The summed E-state index contributed by atoms with van der Waals surface area (Å²) in [6.07, 6.45) is 1.58. The van der Waals surface area contributed by atoms with Gasteiger partial charge >= 0.3 is 0 Å². The fourth-order valence-electron chi connectivity index (χ4n) is 1.56. The number of hydrogen-bond donors (Lipinski definition) is 2. The summed E-state index contributed by atoms with van der Waals surface area (Å²) in [4.78, 5) is 14.5. The lowest BCUT2D eigenvalue weighted by molar-refractivity contribution is 0.274. The van der Waals surface area contributed by atoms with Crippen LogP contribution in [0.15, 0.2) is 29.2 Å². The van der Waals surface area contributed by atoms with Gasteiger partial charge in [0.15, 0.2) is 5.43 Å². The number of hydrogen-bond acceptors (Lipinski definition) is 3. The van der Waals surface area contributed by atoms with Crippen molar-refractivity contribution in [2.24, 2.45) is 0 Å². The van der Waals surface area contributed by atoms with E-state index < -0.39 is 0 Å². The zero-order chi connectivity index (χ0) is 10.8. The van der Waals surface area contributed by atoms with Crippen LogP contribution in [0.2, 0.25) is 0 Å². The van der Waals surface area contributed by atoms with Crippen molar-refractivity contribution in [3.05, 3.63) is 40.2 Å². The summed E-state index contributed by atoms with van der Waals surface area (Å²) in [5.74, 6) is 0.529. The summed E-state index contributed by atoms with van der Waals surface area (Å²) in [5.41, 5.74) is 1.30. The van der Waals surface area contributed by atoms with Crippen LogP contribution in [0.4, 0.5) is 0 Å². The highest BCUT2D eigenvalue weighted by atomic mass is 16.5. The Balaban J connectivity index is 2.81. The second kappa shape index (κ2) is 3.74. The summed E-state index contributed by atoms with van der Waals surface area (Å²) in [7, 11) is 1.51. The van der Waals surface area contributed by atoms with Gasteiger partial charge in [0.25, 0.3) is 0 Å². The zero-order valence-corrected chi connectivity index (χ0v) is 8.28. The van der Waals surface area contributed by atoms with Gasteiger partial charge in [0.05, 0.1) is 13.7 Å². The van der Waals surface area contributed by atoms with Crippen molar-refractivity contribution in [1.29, 1.82) is 0 Å². The van der Waals surface area contributed by atoms with Gasteiger partial charge in [0.1, 0.15) is 5.75 Å². The zero-order valence-electron chi connectivity index (χ0n) is 8.28. The fourth-order valence-corrected chi connectivity index (χ4v) is 1.56. The molecule has 0 fully saturated rings. The average Bonchev–Trinajstić information content (AvgIpc) is 2.28. The number of aromatic nitrogens is 1. The summed E-state index contributed by atoms with van der Waals surface area (Å²) >= 11 is 0. The number of pyridine rings is 1. The largest absolute Gasteiger partial charge is 0.496 e. The standard InChI is InChI=1S/C11H11NO3/c1-15-11-5-8-9(4-7(11)6-13)12-3-2-10(8)14/h2-5,13H,6H2,1H3,(H,12,14). The van der Waals surface area contributed by atoms with Crippen molar-refractivity contribution < 1.29 is 9.84 Å². The summed E-state index contributed by atoms with van der Waals surface area (Å²) < 4.78 is 5.09. The Labute approximate surface area is 86.1 Å². The molecule has 1 aromatic heterocycles. The number of benzene rings is 1. The van der Waals surface area contributed by atoms with E-state index in [1.165, 1.54) is 13.2 Å². The number of H-pyrrole nitrogens is 1. The molecule has 0 spiro atoms. The number of aromatic amines is 1. The second-order valence-electron chi connectivity index (χ2n) is 3.21. The van der Waals surface area contributed by atoms with Crippen molar-refractivity contribution in [3.8, 4) is 5.75 Å². The maximum absolute atomic E-state index is 11.5. The van der Waals surface area contributed by atoms with Gasteiger partial charge in [-0.25, -0.2) is 0 Å². The van der Waals surface area contributed by atoms with Crippen LogP contribution in [0.5, 0.6) is 5.75 Å². The number of nitrogens with one attached hydrogen (secondary N) is 1. The van der Waals surface area contributed by atoms with Gasteiger partial charge in [-0.15, -0.1) is 0 Å². The Morgan fingerprint density at radius 2 is 2.27 bits per heavy atom. The first-order chi connectivity index (χ1) is 7.26.